The van der Waals surface area contributed by atoms with Crippen molar-refractivity contribution in [2.24, 2.45) is 5.92 Å². The highest BCUT2D eigenvalue weighted by Crippen LogP contribution is 2.38. The predicted octanol–water partition coefficient (Wildman–Crippen LogP) is 3.83. The highest BCUT2D eigenvalue weighted by molar-refractivity contribution is 7.91. The van der Waals surface area contributed by atoms with Crippen LogP contribution in [0.3, 0.4) is 0 Å². The molecule has 4 rings (SSSR count). The zero-order chi connectivity index (χ0) is 25.5. The van der Waals surface area contributed by atoms with Crippen molar-refractivity contribution in [1.29, 1.82) is 0 Å². The van der Waals surface area contributed by atoms with Crippen LogP contribution >= 0.6 is 0 Å². The average Bonchev–Trinajstić information content (AvgIpc) is 3.19. The molecule has 0 spiro atoms. The topological polar surface area (TPSA) is 79.4 Å². The fraction of sp³-hybridized carbons (Fsp3) is 0.478. The molecular formula is C23H24F5N3O3S. The number of nitrogens with zero attached hydrogens (tertiary/aromatic N) is 2. The Kier molecular flexibility index (Phi) is 6.78. The summed E-state index contributed by atoms with van der Waals surface area (Å²) in [6.45, 7) is 0. The van der Waals surface area contributed by atoms with Crippen LogP contribution in [0.4, 0.5) is 27.6 Å². The lowest BCUT2D eigenvalue weighted by molar-refractivity contribution is -0.191. The first kappa shape index (κ1) is 25.3. The molecule has 0 radical (unpaired) electrons. The third kappa shape index (κ3) is 5.41. The zero-order valence-corrected chi connectivity index (χ0v) is 19.6. The monoisotopic (exact) mass is 517 g/mol. The highest BCUT2D eigenvalue weighted by atomic mass is 32.2. The van der Waals surface area contributed by atoms with E-state index in [0.717, 1.165) is 19.2 Å². The summed E-state index contributed by atoms with van der Waals surface area (Å²) in [4.78, 5) is 17.3. The summed E-state index contributed by atoms with van der Waals surface area (Å²) in [7, 11) is -2.22. The van der Waals surface area contributed by atoms with Crippen molar-refractivity contribution in [2.75, 3.05) is 23.9 Å². The molecule has 2 unspecified atom stereocenters. The second-order valence-corrected chi connectivity index (χ2v) is 11.3. The molecule has 6 nitrogen and oxygen atoms in total. The summed E-state index contributed by atoms with van der Waals surface area (Å²) in [5.74, 6) is -3.85. The Labute approximate surface area is 199 Å². The highest BCUT2D eigenvalue weighted by Gasteiger charge is 2.47. The van der Waals surface area contributed by atoms with Crippen LogP contribution in [-0.2, 0) is 27.5 Å². The second-order valence-electron chi connectivity index (χ2n) is 9.04. The quantitative estimate of drug-likeness (QED) is 0.610. The minimum absolute atomic E-state index is 0.0133. The first-order valence-corrected chi connectivity index (χ1v) is 12.9. The number of aromatic nitrogens is 1. The van der Waals surface area contributed by atoms with Crippen molar-refractivity contribution in [2.45, 2.75) is 43.9 Å². The van der Waals surface area contributed by atoms with Crippen LogP contribution in [0, 0.1) is 17.6 Å². The van der Waals surface area contributed by atoms with E-state index >= 15 is 0 Å². The second kappa shape index (κ2) is 9.36. The van der Waals surface area contributed by atoms with Gasteiger partial charge in [-0.1, -0.05) is 6.07 Å². The van der Waals surface area contributed by atoms with Gasteiger partial charge in [-0.25, -0.2) is 17.2 Å². The Bertz CT molecular complexity index is 1200. The van der Waals surface area contributed by atoms with Crippen LogP contribution in [0.25, 0.3) is 0 Å². The van der Waals surface area contributed by atoms with Gasteiger partial charge in [0.15, 0.2) is 17.7 Å². The first-order valence-electron chi connectivity index (χ1n) is 11.1. The molecule has 1 aromatic heterocycles. The molecule has 0 bridgehead atoms. The van der Waals surface area contributed by atoms with Crippen LogP contribution in [0.2, 0.25) is 0 Å². The zero-order valence-electron chi connectivity index (χ0n) is 18.8. The lowest BCUT2D eigenvalue weighted by Crippen LogP contribution is -2.44. The smallest absolute Gasteiger partial charge is 0.380 e. The molecule has 1 aliphatic carbocycles. The van der Waals surface area contributed by atoms with E-state index in [-0.39, 0.29) is 48.1 Å². The molecule has 35 heavy (non-hydrogen) atoms. The van der Waals surface area contributed by atoms with E-state index in [2.05, 4.69) is 10.3 Å². The Morgan fingerprint density at radius 3 is 2.40 bits per heavy atom. The van der Waals surface area contributed by atoms with Gasteiger partial charge >= 0.3 is 6.18 Å². The number of anilines is 1. The maximum atomic E-state index is 14.0. The number of benzene rings is 1. The number of hydrogen-bond donors (Lipinski definition) is 1. The lowest BCUT2D eigenvalue weighted by Gasteiger charge is -2.33. The number of rotatable bonds is 5. The maximum Gasteiger partial charge on any atom is 0.414 e. The molecule has 1 saturated heterocycles. The van der Waals surface area contributed by atoms with Crippen LogP contribution in [0.5, 0.6) is 0 Å². The van der Waals surface area contributed by atoms with Crippen molar-refractivity contribution in [3.8, 4) is 0 Å². The van der Waals surface area contributed by atoms with Gasteiger partial charge in [-0.15, -0.1) is 0 Å². The largest absolute Gasteiger partial charge is 0.414 e. The SMILES string of the molecule is CN(C(=O)C1CCS(=O)(=O)CC1)C(c1ccc(NC2Cc3ccc(F)c(F)c3C2)cn1)C(F)(F)F. The number of pyridine rings is 1. The van der Waals surface area contributed by atoms with Crippen molar-refractivity contribution < 1.29 is 35.2 Å². The normalized spacial score (nSPS) is 20.8. The van der Waals surface area contributed by atoms with Gasteiger partial charge in [0.2, 0.25) is 5.91 Å². The van der Waals surface area contributed by atoms with Crippen molar-refractivity contribution >= 4 is 21.4 Å². The summed E-state index contributed by atoms with van der Waals surface area (Å²) < 4.78 is 92.5. The molecule has 1 aromatic carbocycles. The molecule has 12 heteroatoms. The first-order chi connectivity index (χ1) is 16.4. The van der Waals surface area contributed by atoms with Gasteiger partial charge in [-0.2, -0.15) is 13.2 Å². The lowest BCUT2D eigenvalue weighted by atomic mass is 9.99. The molecule has 2 aliphatic rings. The molecule has 2 heterocycles. The number of fused-ring (bicyclic) bond motifs is 1. The number of amides is 1. The number of sulfone groups is 1. The van der Waals surface area contributed by atoms with Gasteiger partial charge in [0.25, 0.3) is 0 Å². The fourth-order valence-electron chi connectivity index (χ4n) is 4.76. The molecular weight excluding hydrogens is 493 g/mol. The molecule has 0 saturated carbocycles. The third-order valence-corrected chi connectivity index (χ3v) is 8.31. The molecule has 1 N–H and O–H groups in total. The maximum absolute atomic E-state index is 14.0. The van der Waals surface area contributed by atoms with Crippen LogP contribution in [0.15, 0.2) is 30.5 Å². The Balaban J connectivity index is 1.46. The summed E-state index contributed by atoms with van der Waals surface area (Å²) in [5, 5.41) is 3.08. The van der Waals surface area contributed by atoms with E-state index < -0.39 is 45.5 Å². The van der Waals surface area contributed by atoms with Crippen LogP contribution < -0.4 is 5.32 Å². The number of alkyl halides is 3. The number of carbonyl (C=O) groups is 1. The summed E-state index contributed by atoms with van der Waals surface area (Å²) in [6, 6.07) is 2.56. The summed E-state index contributed by atoms with van der Waals surface area (Å²) >= 11 is 0. The van der Waals surface area contributed by atoms with Gasteiger partial charge in [0.05, 0.1) is 29.1 Å². The molecule has 1 aliphatic heterocycles. The van der Waals surface area contributed by atoms with E-state index in [1.165, 1.54) is 18.3 Å². The molecule has 190 valence electrons. The Morgan fingerprint density at radius 1 is 1.11 bits per heavy atom. The predicted molar refractivity (Wildman–Crippen MR) is 118 cm³/mol. The van der Waals surface area contributed by atoms with Crippen molar-refractivity contribution in [3.63, 3.8) is 0 Å². The number of nitrogens with one attached hydrogen (secondary N) is 1. The van der Waals surface area contributed by atoms with Crippen LogP contribution in [0.1, 0.15) is 35.7 Å². The molecule has 1 fully saturated rings. The Hall–Kier alpha value is -2.76. The van der Waals surface area contributed by atoms with Gasteiger partial charge in [0, 0.05) is 19.0 Å². The molecule has 1 amide bonds. The van der Waals surface area contributed by atoms with Crippen LogP contribution in [-0.4, -0.2) is 55.0 Å². The van der Waals surface area contributed by atoms with Crippen molar-refractivity contribution in [3.05, 3.63) is 58.9 Å². The van der Waals surface area contributed by atoms with Gasteiger partial charge in [-0.05, 0) is 55.0 Å². The van der Waals surface area contributed by atoms with E-state index in [4.69, 9.17) is 0 Å². The minimum Gasteiger partial charge on any atom is -0.380 e. The minimum atomic E-state index is -4.80. The number of hydrogen-bond acceptors (Lipinski definition) is 5. The molecule has 2 atom stereocenters. The van der Waals surface area contributed by atoms with E-state index in [9.17, 15) is 35.2 Å². The Morgan fingerprint density at radius 2 is 1.80 bits per heavy atom. The van der Waals surface area contributed by atoms with E-state index in [1.54, 1.807) is 0 Å². The van der Waals surface area contributed by atoms with Gasteiger partial charge < -0.3 is 10.2 Å². The summed E-state index contributed by atoms with van der Waals surface area (Å²) in [6.07, 6.45) is -2.98. The average molecular weight is 518 g/mol. The van der Waals surface area contributed by atoms with Gasteiger partial charge in [-0.3, -0.25) is 9.78 Å². The third-order valence-electron chi connectivity index (χ3n) is 6.60. The van der Waals surface area contributed by atoms with E-state index in [0.29, 0.717) is 22.6 Å². The fourth-order valence-corrected chi connectivity index (χ4v) is 6.25. The van der Waals surface area contributed by atoms with E-state index in [1.807, 2.05) is 0 Å². The number of carbonyl (C=O) groups excluding carboxylic acids is 1. The summed E-state index contributed by atoms with van der Waals surface area (Å²) in [5.41, 5.74) is 0.962. The van der Waals surface area contributed by atoms with Gasteiger partial charge in [0.1, 0.15) is 9.84 Å². The van der Waals surface area contributed by atoms with Crippen molar-refractivity contribution in [1.82, 2.24) is 9.88 Å². The molecule has 2 aromatic rings. The standard InChI is InChI=1S/C23H24F5N3O3S/c1-31(22(32)13-6-8-35(33,34)9-7-13)21(23(26,27)28)19-5-3-15(12-29-19)30-16-10-14-2-4-18(24)20(25)17(14)11-16/h2-5,12-13,16,21,30H,6-11H2,1H3. The number of halogens is 5.